The molecule has 0 spiro atoms. The van der Waals surface area contributed by atoms with E-state index in [4.69, 9.17) is 0 Å². The molecule has 0 aromatic carbocycles. The van der Waals surface area contributed by atoms with Crippen LogP contribution in [-0.2, 0) is 0 Å². The van der Waals surface area contributed by atoms with Crippen molar-refractivity contribution in [1.82, 2.24) is 10.2 Å². The Labute approximate surface area is 107 Å². The summed E-state index contributed by atoms with van der Waals surface area (Å²) in [6, 6.07) is 0.654. The first kappa shape index (κ1) is 14.9. The van der Waals surface area contributed by atoms with Crippen LogP contribution in [-0.4, -0.2) is 47.3 Å². The monoisotopic (exact) mass is 242 g/mol. The molecule has 0 aromatic rings. The third-order valence-electron chi connectivity index (χ3n) is 3.45. The highest BCUT2D eigenvalue weighted by Crippen LogP contribution is 2.17. The number of hydrogen-bond donors (Lipinski definition) is 2. The van der Waals surface area contributed by atoms with Gasteiger partial charge >= 0.3 is 0 Å². The van der Waals surface area contributed by atoms with Gasteiger partial charge < -0.3 is 10.4 Å². The second-order valence-corrected chi connectivity index (χ2v) is 6.45. The van der Waals surface area contributed by atoms with Crippen LogP contribution in [0.5, 0.6) is 0 Å². The smallest absolute Gasteiger partial charge is 0.0524 e. The Bertz CT molecular complexity index is 211. The Morgan fingerprint density at radius 3 is 2.65 bits per heavy atom. The van der Waals surface area contributed by atoms with Gasteiger partial charge in [0.15, 0.2) is 0 Å². The molecule has 1 heterocycles. The zero-order valence-corrected chi connectivity index (χ0v) is 12.0. The summed E-state index contributed by atoms with van der Waals surface area (Å²) in [6.07, 6.45) is 4.68. The van der Waals surface area contributed by atoms with Gasteiger partial charge in [-0.2, -0.15) is 0 Å². The molecule has 0 radical (unpaired) electrons. The first-order valence-electron chi connectivity index (χ1n) is 7.05. The van der Waals surface area contributed by atoms with Gasteiger partial charge in [-0.15, -0.1) is 0 Å². The molecule has 0 bridgehead atoms. The lowest BCUT2D eigenvalue weighted by molar-refractivity contribution is 0.106. The van der Waals surface area contributed by atoms with E-state index >= 15 is 0 Å². The van der Waals surface area contributed by atoms with E-state index in [2.05, 4.69) is 31.0 Å². The first-order chi connectivity index (χ1) is 7.88. The van der Waals surface area contributed by atoms with Gasteiger partial charge in [-0.3, -0.25) is 4.90 Å². The van der Waals surface area contributed by atoms with Crippen LogP contribution in [0, 0.1) is 0 Å². The second kappa shape index (κ2) is 6.72. The van der Waals surface area contributed by atoms with Crippen molar-refractivity contribution in [3.8, 4) is 0 Å². The van der Waals surface area contributed by atoms with Gasteiger partial charge in [-0.05, 0) is 53.5 Å². The third-order valence-corrected chi connectivity index (χ3v) is 3.45. The van der Waals surface area contributed by atoms with Crippen molar-refractivity contribution in [2.45, 2.75) is 71.1 Å². The maximum Gasteiger partial charge on any atom is 0.0524 e. The van der Waals surface area contributed by atoms with Gasteiger partial charge in [0.05, 0.1) is 6.10 Å². The number of nitrogens with one attached hydrogen (secondary N) is 1. The normalized spacial score (nSPS) is 24.9. The molecule has 1 fully saturated rings. The molecule has 3 heteroatoms. The third kappa shape index (κ3) is 6.39. The lowest BCUT2D eigenvalue weighted by Gasteiger charge is -2.37. The fraction of sp³-hybridized carbons (Fsp3) is 1.00. The van der Waals surface area contributed by atoms with Gasteiger partial charge in [-0.25, -0.2) is 0 Å². The summed E-state index contributed by atoms with van der Waals surface area (Å²) in [5.41, 5.74) is 0.202. The summed E-state index contributed by atoms with van der Waals surface area (Å²) in [6.45, 7) is 11.8. The Kier molecular flexibility index (Phi) is 5.90. The number of nitrogens with zero attached hydrogens (tertiary/aromatic N) is 1. The minimum atomic E-state index is -0.173. The highest BCUT2D eigenvalue weighted by Gasteiger charge is 2.23. The van der Waals surface area contributed by atoms with Gasteiger partial charge in [0.25, 0.3) is 0 Å². The number of likely N-dealkylation sites (tertiary alicyclic amines) is 1. The molecule has 1 aliphatic heterocycles. The van der Waals surface area contributed by atoms with Crippen molar-refractivity contribution in [2.75, 3.05) is 19.6 Å². The number of aliphatic hydroxyl groups excluding tert-OH is 1. The summed E-state index contributed by atoms with van der Waals surface area (Å²) in [5, 5.41) is 13.0. The van der Waals surface area contributed by atoms with Crippen LogP contribution in [0.15, 0.2) is 0 Å². The van der Waals surface area contributed by atoms with Crippen LogP contribution in [0.25, 0.3) is 0 Å². The summed E-state index contributed by atoms with van der Waals surface area (Å²) in [5.74, 6) is 0. The van der Waals surface area contributed by atoms with Crippen LogP contribution in [0.3, 0.4) is 0 Å². The molecule has 1 aliphatic rings. The van der Waals surface area contributed by atoms with E-state index in [0.29, 0.717) is 6.04 Å². The van der Waals surface area contributed by atoms with E-state index in [1.807, 2.05) is 6.92 Å². The molecule has 0 aromatic heterocycles. The summed E-state index contributed by atoms with van der Waals surface area (Å²) < 4.78 is 0. The van der Waals surface area contributed by atoms with E-state index in [1.54, 1.807) is 0 Å². The van der Waals surface area contributed by atoms with Crippen LogP contribution in [0.2, 0.25) is 0 Å². The SMILES string of the molecule is CC(O)CCN1CCCCC1CNC(C)(C)C. The van der Waals surface area contributed by atoms with Crippen molar-refractivity contribution < 1.29 is 5.11 Å². The molecule has 3 nitrogen and oxygen atoms in total. The van der Waals surface area contributed by atoms with E-state index in [9.17, 15) is 5.11 Å². The molecule has 1 rings (SSSR count). The number of hydrogen-bond acceptors (Lipinski definition) is 3. The highest BCUT2D eigenvalue weighted by atomic mass is 16.3. The van der Waals surface area contributed by atoms with Crippen molar-refractivity contribution in [3.63, 3.8) is 0 Å². The summed E-state index contributed by atoms with van der Waals surface area (Å²) >= 11 is 0. The molecule has 0 amide bonds. The van der Waals surface area contributed by atoms with Crippen LogP contribution in [0.4, 0.5) is 0 Å². The number of aliphatic hydroxyl groups is 1. The average molecular weight is 242 g/mol. The lowest BCUT2D eigenvalue weighted by Crippen LogP contribution is -2.50. The molecular weight excluding hydrogens is 212 g/mol. The van der Waals surface area contributed by atoms with Gasteiger partial charge in [0.2, 0.25) is 0 Å². The highest BCUT2D eigenvalue weighted by molar-refractivity contribution is 4.82. The fourth-order valence-corrected chi connectivity index (χ4v) is 2.36. The minimum Gasteiger partial charge on any atom is -0.393 e. The van der Waals surface area contributed by atoms with E-state index in [1.165, 1.54) is 25.8 Å². The average Bonchev–Trinajstić information content (AvgIpc) is 2.23. The van der Waals surface area contributed by atoms with Gasteiger partial charge in [0.1, 0.15) is 0 Å². The number of rotatable bonds is 5. The Balaban J connectivity index is 2.37. The van der Waals surface area contributed by atoms with E-state index < -0.39 is 0 Å². The first-order valence-corrected chi connectivity index (χ1v) is 7.05. The molecule has 1 saturated heterocycles. The Morgan fingerprint density at radius 2 is 2.06 bits per heavy atom. The largest absolute Gasteiger partial charge is 0.393 e. The molecule has 102 valence electrons. The van der Waals surface area contributed by atoms with Crippen molar-refractivity contribution in [3.05, 3.63) is 0 Å². The Morgan fingerprint density at radius 1 is 1.35 bits per heavy atom. The zero-order chi connectivity index (χ0) is 12.9. The quantitative estimate of drug-likeness (QED) is 0.774. The lowest BCUT2D eigenvalue weighted by atomic mass is 10.00. The van der Waals surface area contributed by atoms with Crippen molar-refractivity contribution >= 4 is 0 Å². The number of piperidine rings is 1. The maximum atomic E-state index is 9.39. The molecule has 17 heavy (non-hydrogen) atoms. The van der Waals surface area contributed by atoms with Crippen molar-refractivity contribution in [2.24, 2.45) is 0 Å². The molecule has 0 saturated carbocycles. The van der Waals surface area contributed by atoms with E-state index in [0.717, 1.165) is 19.5 Å². The molecule has 0 aliphatic carbocycles. The summed E-state index contributed by atoms with van der Waals surface area (Å²) in [7, 11) is 0. The Hall–Kier alpha value is -0.120. The van der Waals surface area contributed by atoms with Crippen LogP contribution in [0.1, 0.15) is 53.4 Å². The predicted molar refractivity (Wildman–Crippen MR) is 73.3 cm³/mol. The van der Waals surface area contributed by atoms with Crippen LogP contribution >= 0.6 is 0 Å². The second-order valence-electron chi connectivity index (χ2n) is 6.45. The standard InChI is InChI=1S/C14H30N2O/c1-12(17)8-10-16-9-6-5-7-13(16)11-15-14(2,3)4/h12-13,15,17H,5-11H2,1-4H3. The predicted octanol–water partition coefficient (Wildman–Crippen LogP) is 2.00. The van der Waals surface area contributed by atoms with Gasteiger partial charge in [-0.1, -0.05) is 6.42 Å². The fourth-order valence-electron chi connectivity index (χ4n) is 2.36. The molecular formula is C14H30N2O. The topological polar surface area (TPSA) is 35.5 Å². The zero-order valence-electron chi connectivity index (χ0n) is 12.0. The summed E-state index contributed by atoms with van der Waals surface area (Å²) in [4.78, 5) is 2.55. The van der Waals surface area contributed by atoms with Gasteiger partial charge in [0, 0.05) is 24.7 Å². The van der Waals surface area contributed by atoms with Crippen molar-refractivity contribution in [1.29, 1.82) is 0 Å². The van der Waals surface area contributed by atoms with Crippen LogP contribution < -0.4 is 5.32 Å². The van der Waals surface area contributed by atoms with E-state index in [-0.39, 0.29) is 11.6 Å². The minimum absolute atomic E-state index is 0.173. The maximum absolute atomic E-state index is 9.39. The molecule has 2 N–H and O–H groups in total. The molecule has 2 atom stereocenters. The molecule has 2 unspecified atom stereocenters.